The summed E-state index contributed by atoms with van der Waals surface area (Å²) in [6.07, 6.45) is 4.41. The molecular weight excluding hydrogens is 402 g/mol. The molecule has 5 N–H and O–H groups in total. The molecule has 0 spiro atoms. The van der Waals surface area contributed by atoms with E-state index in [4.69, 9.17) is 9.47 Å². The van der Waals surface area contributed by atoms with Gasteiger partial charge in [0.15, 0.2) is 31.3 Å². The van der Waals surface area contributed by atoms with Crippen molar-refractivity contribution in [3.05, 3.63) is 57.9 Å². The second-order valence-electron chi connectivity index (χ2n) is 7.75. The van der Waals surface area contributed by atoms with Gasteiger partial charge in [0.05, 0.1) is 5.69 Å². The average molecular weight is 427 g/mol. The number of carboxylic acids is 1. The van der Waals surface area contributed by atoms with Gasteiger partial charge in [0.2, 0.25) is 12.4 Å². The molecule has 0 radical (unpaired) electrons. The lowest BCUT2D eigenvalue weighted by molar-refractivity contribution is 0.0801. The number of fused-ring (bicyclic) bond motifs is 5. The van der Waals surface area contributed by atoms with E-state index in [1.54, 1.807) is 18.8 Å². The Morgan fingerprint density at radius 2 is 1.94 bits per heavy atom. The monoisotopic (exact) mass is 427 g/mol. The third-order valence-electron chi connectivity index (χ3n) is 6.15. The van der Waals surface area contributed by atoms with Crippen LogP contribution in [0.2, 0.25) is 0 Å². The smallest absolute Gasteiger partial charge is 0.518 e. The molecule has 1 atom stereocenters. The lowest BCUT2D eigenvalue weighted by atomic mass is 9.85. The Hall–Kier alpha value is -3.68. The number of aryl methyl sites for hydroxylation is 1. The maximum atomic E-state index is 11.4. The van der Waals surface area contributed by atoms with Gasteiger partial charge in [-0.15, -0.1) is 0 Å². The number of hydrogen-bond donors (Lipinski definition) is 1. The van der Waals surface area contributed by atoms with E-state index < -0.39 is 5.97 Å². The van der Waals surface area contributed by atoms with Crippen LogP contribution in [0.15, 0.2) is 30.0 Å². The SMILES string of the molecule is C[OH+]C1=C([OH+]C)c2c(c(C(O)=[OH+])c3n(c2=[OH+])CCc2cc4c(cc2-3)OCO4)[C@@H](C)C=C1. The van der Waals surface area contributed by atoms with Crippen LogP contribution in [-0.2, 0) is 13.0 Å². The predicted octanol–water partition coefficient (Wildman–Crippen LogP) is 1.51. The van der Waals surface area contributed by atoms with Gasteiger partial charge < -0.3 is 28.8 Å². The van der Waals surface area contributed by atoms with Crippen LogP contribution in [0.1, 0.15) is 35.1 Å². The summed E-state index contributed by atoms with van der Waals surface area (Å²) in [6.45, 7) is 2.54. The Labute approximate surface area is 177 Å². The largest absolute Gasteiger partial charge is 0.578 e. The summed E-state index contributed by atoms with van der Waals surface area (Å²) in [7, 11) is 3.30. The van der Waals surface area contributed by atoms with E-state index >= 15 is 0 Å². The van der Waals surface area contributed by atoms with E-state index in [1.165, 1.54) is 0 Å². The van der Waals surface area contributed by atoms with Crippen molar-refractivity contribution < 1.29 is 33.6 Å². The molecule has 1 aromatic carbocycles. The van der Waals surface area contributed by atoms with Crippen LogP contribution in [0, 0.1) is 0 Å². The quantitative estimate of drug-likeness (QED) is 0.749. The van der Waals surface area contributed by atoms with Crippen molar-refractivity contribution in [3.63, 3.8) is 0 Å². The maximum Gasteiger partial charge on any atom is 0.518 e. The van der Waals surface area contributed by atoms with E-state index in [0.29, 0.717) is 52.8 Å². The molecule has 2 aromatic rings. The van der Waals surface area contributed by atoms with Crippen molar-refractivity contribution in [1.82, 2.24) is 4.57 Å². The molecule has 1 aromatic heterocycles. The van der Waals surface area contributed by atoms with E-state index in [1.807, 2.05) is 31.2 Å². The summed E-state index contributed by atoms with van der Waals surface area (Å²) >= 11 is 0. The highest BCUT2D eigenvalue weighted by molar-refractivity contribution is 6.00. The molecule has 0 unspecified atom stereocenters. The fraction of sp³-hybridized carbons (Fsp3) is 0.304. The zero-order valence-electron chi connectivity index (χ0n) is 17.5. The first-order valence-electron chi connectivity index (χ1n) is 10.1. The molecule has 0 amide bonds. The number of aliphatic hydroxyl groups is 4. The summed E-state index contributed by atoms with van der Waals surface area (Å²) in [5.74, 6) is 1.35. The molecule has 0 bridgehead atoms. The van der Waals surface area contributed by atoms with E-state index in [9.17, 15) is 14.7 Å². The van der Waals surface area contributed by atoms with Gasteiger partial charge in [0.1, 0.15) is 0 Å². The topological polar surface area (TPSA) is 112 Å². The van der Waals surface area contributed by atoms with Crippen molar-refractivity contribution in [1.29, 1.82) is 0 Å². The van der Waals surface area contributed by atoms with E-state index in [0.717, 1.165) is 11.1 Å². The normalized spacial score (nSPS) is 18.1. The molecule has 31 heavy (non-hydrogen) atoms. The summed E-state index contributed by atoms with van der Waals surface area (Å²) in [4.78, 5) is 21.9. The van der Waals surface area contributed by atoms with E-state index in [2.05, 4.69) is 9.47 Å². The van der Waals surface area contributed by atoms with Crippen molar-refractivity contribution in [2.24, 2.45) is 0 Å². The minimum atomic E-state index is -0.807. The van der Waals surface area contributed by atoms with Gasteiger partial charge in [-0.05, 0) is 24.1 Å². The Morgan fingerprint density at radius 1 is 1.19 bits per heavy atom. The first-order valence-corrected chi connectivity index (χ1v) is 10.1. The molecule has 2 aliphatic heterocycles. The molecule has 0 fully saturated rings. The molecule has 160 valence electrons. The highest BCUT2D eigenvalue weighted by Gasteiger charge is 2.42. The molecule has 8 heteroatoms. The number of allylic oxidation sites excluding steroid dienone is 2. The molecule has 3 heterocycles. The molecule has 0 saturated heterocycles. The van der Waals surface area contributed by atoms with Crippen LogP contribution in [0.3, 0.4) is 0 Å². The lowest BCUT2D eigenvalue weighted by Crippen LogP contribution is -2.35. The number of rotatable bonds is 3. The van der Waals surface area contributed by atoms with Crippen molar-refractivity contribution >= 4 is 11.7 Å². The molecular formula is C23H25NO7+4. The minimum absolute atomic E-state index is 0.0237. The number of pyridine rings is 1. The fourth-order valence-corrected chi connectivity index (χ4v) is 4.75. The standard InChI is InChI=1S/C23H21NO7/c1-11-4-5-14(28-2)21(29-3)19-17(11)18(23(26)27)20-13-9-16-15(30-10-31-16)8-12(13)6-7-24(20)22(19)25/h4-5,8-9,11H,6-7,10H2,1-3H3,(H,26,27)/p+4/t11-/m0/s1. The van der Waals surface area contributed by atoms with Gasteiger partial charge >= 0.3 is 23.0 Å². The van der Waals surface area contributed by atoms with Gasteiger partial charge in [-0.1, -0.05) is 13.0 Å². The highest BCUT2D eigenvalue weighted by atomic mass is 16.7. The number of aliphatic hydroxyl groups excluding tert-OH is 1. The zero-order valence-corrected chi connectivity index (χ0v) is 17.5. The van der Waals surface area contributed by atoms with Crippen LogP contribution >= 0.6 is 0 Å². The molecule has 8 nitrogen and oxygen atoms in total. The third kappa shape index (κ3) is 2.67. The average Bonchev–Trinajstić information content (AvgIpc) is 3.16. The highest BCUT2D eigenvalue weighted by Crippen LogP contribution is 2.44. The van der Waals surface area contributed by atoms with Crippen molar-refractivity contribution in [2.45, 2.75) is 25.8 Å². The predicted molar refractivity (Wildman–Crippen MR) is 114 cm³/mol. The zero-order chi connectivity index (χ0) is 21.9. The molecule has 0 saturated carbocycles. The van der Waals surface area contributed by atoms with Gasteiger partial charge in [-0.2, -0.15) is 0 Å². The number of aromatic nitrogens is 1. The number of aromatic carboxylic acids is 1. The molecule has 3 aliphatic rings. The minimum Gasteiger partial charge on any atom is -0.578 e. The fourth-order valence-electron chi connectivity index (χ4n) is 4.75. The van der Waals surface area contributed by atoms with Gasteiger partial charge in [-0.25, -0.2) is 0 Å². The maximum absolute atomic E-state index is 11.4. The second kappa shape index (κ2) is 6.94. The van der Waals surface area contributed by atoms with Gasteiger partial charge in [0, 0.05) is 29.7 Å². The number of nitrogens with zero attached hydrogens (tertiary/aromatic N) is 1. The van der Waals surface area contributed by atoms with Crippen LogP contribution in [0.5, 0.6) is 11.5 Å². The lowest BCUT2D eigenvalue weighted by Gasteiger charge is -2.24. The number of ether oxygens (including phenoxy) is 4. The second-order valence-corrected chi connectivity index (χ2v) is 7.75. The van der Waals surface area contributed by atoms with Crippen molar-refractivity contribution in [3.8, 4) is 22.8 Å². The van der Waals surface area contributed by atoms with Crippen molar-refractivity contribution in [2.75, 3.05) is 21.0 Å². The van der Waals surface area contributed by atoms with Crippen LogP contribution in [0.4, 0.5) is 0 Å². The molecule has 5 rings (SSSR count). The summed E-state index contributed by atoms with van der Waals surface area (Å²) in [5.41, 5.74) is 3.63. The Bertz CT molecular complexity index is 1250. The summed E-state index contributed by atoms with van der Waals surface area (Å²) in [6, 6.07) is 3.76. The Balaban J connectivity index is 1.92. The van der Waals surface area contributed by atoms with Gasteiger partial charge in [-0.3, -0.25) is 9.36 Å². The number of hydrogen-bond acceptors (Lipinski definition) is 2. The Kier molecular flexibility index (Phi) is 4.32. The third-order valence-corrected chi connectivity index (χ3v) is 6.15. The molecule has 1 aliphatic carbocycles. The van der Waals surface area contributed by atoms with Crippen LogP contribution in [0.25, 0.3) is 17.0 Å². The number of carboxylic acid groups (broad SMARTS) is 1. The van der Waals surface area contributed by atoms with E-state index in [-0.39, 0.29) is 23.8 Å². The summed E-state index contributed by atoms with van der Waals surface area (Å²) in [5, 5.41) is 10.5. The first-order chi connectivity index (χ1) is 15.0. The summed E-state index contributed by atoms with van der Waals surface area (Å²) < 4.78 is 21.5. The van der Waals surface area contributed by atoms with Crippen LogP contribution < -0.4 is 15.0 Å². The Morgan fingerprint density at radius 3 is 2.61 bits per heavy atom. The van der Waals surface area contributed by atoms with Gasteiger partial charge in [0.25, 0.3) is 0 Å². The van der Waals surface area contributed by atoms with Crippen LogP contribution in [-0.4, -0.2) is 55.7 Å². The first kappa shape index (κ1) is 19.3. The number of benzene rings is 1.